The fourth-order valence-electron chi connectivity index (χ4n) is 3.82. The van der Waals surface area contributed by atoms with Crippen LogP contribution in [0.25, 0.3) is 11.2 Å². The van der Waals surface area contributed by atoms with E-state index < -0.39 is 41.2 Å². The molecule has 176 valence electrons. The summed E-state index contributed by atoms with van der Waals surface area (Å²) >= 11 is 0. The molecule has 0 bridgehead atoms. The molecule has 0 aliphatic carbocycles. The molecule has 4 heterocycles. The number of piperidine rings is 1. The van der Waals surface area contributed by atoms with Crippen molar-refractivity contribution < 1.29 is 22.4 Å². The molecule has 33 heavy (non-hydrogen) atoms. The third kappa shape index (κ3) is 4.47. The molecule has 4 rings (SSSR count). The Morgan fingerprint density at radius 2 is 2.12 bits per heavy atom. The van der Waals surface area contributed by atoms with Crippen LogP contribution in [-0.4, -0.2) is 62.8 Å². The SMILES string of the molecule is CN(C(=O)Nc1cc(C(F)(F)F)cn(C)c1=O)[C@@H]1CCN(c2cnc3[nH]ccc3n2)C[C@@H]1F. The van der Waals surface area contributed by atoms with Crippen LogP contribution in [0, 0.1) is 0 Å². The van der Waals surface area contributed by atoms with Crippen LogP contribution < -0.4 is 15.8 Å². The molecule has 1 aliphatic heterocycles. The Morgan fingerprint density at radius 3 is 2.82 bits per heavy atom. The zero-order valence-corrected chi connectivity index (χ0v) is 17.7. The van der Waals surface area contributed by atoms with Crippen molar-refractivity contribution >= 4 is 28.7 Å². The lowest BCUT2D eigenvalue weighted by Crippen LogP contribution is -2.54. The number of aromatic nitrogens is 4. The minimum Gasteiger partial charge on any atom is -0.352 e. The maximum absolute atomic E-state index is 15.0. The normalized spacial score (nSPS) is 19.0. The molecule has 1 saturated heterocycles. The Kier molecular flexibility index (Phi) is 5.72. The van der Waals surface area contributed by atoms with Gasteiger partial charge in [0.05, 0.1) is 24.3 Å². The highest BCUT2D eigenvalue weighted by molar-refractivity contribution is 5.89. The van der Waals surface area contributed by atoms with Gasteiger partial charge in [0.1, 0.15) is 23.2 Å². The molecule has 3 aromatic heterocycles. The van der Waals surface area contributed by atoms with Crippen LogP contribution in [0.1, 0.15) is 12.0 Å². The number of aryl methyl sites for hydroxylation is 1. The van der Waals surface area contributed by atoms with Crippen LogP contribution in [0.2, 0.25) is 0 Å². The van der Waals surface area contributed by atoms with E-state index in [4.69, 9.17) is 0 Å². The molecular weight excluding hydrogens is 446 g/mol. The summed E-state index contributed by atoms with van der Waals surface area (Å²) in [6.07, 6.45) is -2.03. The monoisotopic (exact) mass is 467 g/mol. The highest BCUT2D eigenvalue weighted by atomic mass is 19.4. The topological polar surface area (TPSA) is 99.1 Å². The number of fused-ring (bicyclic) bond motifs is 1. The van der Waals surface area contributed by atoms with Gasteiger partial charge in [-0.2, -0.15) is 13.2 Å². The molecule has 9 nitrogen and oxygen atoms in total. The largest absolute Gasteiger partial charge is 0.417 e. The molecule has 1 fully saturated rings. The van der Waals surface area contributed by atoms with E-state index in [2.05, 4.69) is 20.3 Å². The van der Waals surface area contributed by atoms with Gasteiger partial charge in [-0.05, 0) is 18.6 Å². The molecule has 2 atom stereocenters. The second-order valence-electron chi connectivity index (χ2n) is 7.86. The van der Waals surface area contributed by atoms with Crippen molar-refractivity contribution in [3.8, 4) is 0 Å². The number of pyridine rings is 1. The number of anilines is 2. The third-order valence-corrected chi connectivity index (χ3v) is 5.65. The number of nitrogens with zero attached hydrogens (tertiary/aromatic N) is 5. The van der Waals surface area contributed by atoms with Gasteiger partial charge in [0.2, 0.25) is 0 Å². The summed E-state index contributed by atoms with van der Waals surface area (Å²) < 4.78 is 54.9. The van der Waals surface area contributed by atoms with Crippen molar-refractivity contribution in [3.63, 3.8) is 0 Å². The van der Waals surface area contributed by atoms with E-state index in [1.165, 1.54) is 13.2 Å². The molecule has 1 aliphatic rings. The highest BCUT2D eigenvalue weighted by Gasteiger charge is 2.36. The number of alkyl halides is 4. The quantitative estimate of drug-likeness (QED) is 0.578. The summed E-state index contributed by atoms with van der Waals surface area (Å²) in [6, 6.07) is 0.613. The first-order chi connectivity index (χ1) is 15.5. The van der Waals surface area contributed by atoms with Gasteiger partial charge in [0.15, 0.2) is 5.65 Å². The van der Waals surface area contributed by atoms with Gasteiger partial charge >= 0.3 is 12.2 Å². The highest BCUT2D eigenvalue weighted by Crippen LogP contribution is 2.30. The Hall–Kier alpha value is -3.64. The van der Waals surface area contributed by atoms with Gasteiger partial charge < -0.3 is 24.7 Å². The van der Waals surface area contributed by atoms with E-state index in [1.807, 2.05) is 0 Å². The number of carbonyl (C=O) groups excluding carboxylic acids is 1. The lowest BCUT2D eigenvalue weighted by molar-refractivity contribution is -0.138. The standard InChI is InChI=1S/C20H21F4N7O2/c1-29-9-11(20(22,23)24)7-14(18(29)32)28-19(33)30(2)15-4-6-31(10-12(15)21)16-8-26-17-13(27-16)3-5-25-17/h3,5,7-9,12,15H,4,6,10H2,1-2H3,(H,25,26)(H,28,33)/t12-,15+/m0/s1. The summed E-state index contributed by atoms with van der Waals surface area (Å²) in [5.41, 5.74) is -1.17. The van der Waals surface area contributed by atoms with Crippen LogP contribution in [0.4, 0.5) is 33.9 Å². The average Bonchev–Trinajstić information content (AvgIpc) is 3.23. The molecule has 0 saturated carbocycles. The van der Waals surface area contributed by atoms with Crippen molar-refractivity contribution in [1.29, 1.82) is 0 Å². The summed E-state index contributed by atoms with van der Waals surface area (Å²) in [6.45, 7) is 0.344. The molecule has 3 aromatic rings. The predicted molar refractivity (Wildman–Crippen MR) is 113 cm³/mol. The number of H-pyrrole nitrogens is 1. The van der Waals surface area contributed by atoms with Gasteiger partial charge in [0.25, 0.3) is 5.56 Å². The van der Waals surface area contributed by atoms with Gasteiger partial charge in [-0.25, -0.2) is 19.2 Å². The fourth-order valence-corrected chi connectivity index (χ4v) is 3.82. The summed E-state index contributed by atoms with van der Waals surface area (Å²) in [5, 5.41) is 2.19. The molecule has 0 spiro atoms. The third-order valence-electron chi connectivity index (χ3n) is 5.65. The number of carbonyl (C=O) groups is 1. The van der Waals surface area contributed by atoms with Crippen molar-refractivity contribution in [2.24, 2.45) is 7.05 Å². The van der Waals surface area contributed by atoms with Gasteiger partial charge in [-0.3, -0.25) is 4.79 Å². The first-order valence-electron chi connectivity index (χ1n) is 10.1. The number of rotatable bonds is 3. The second kappa shape index (κ2) is 8.37. The van der Waals surface area contributed by atoms with E-state index in [9.17, 15) is 22.8 Å². The first-order valence-corrected chi connectivity index (χ1v) is 10.1. The van der Waals surface area contributed by atoms with E-state index in [1.54, 1.807) is 17.2 Å². The van der Waals surface area contributed by atoms with Crippen molar-refractivity contribution in [3.05, 3.63) is 46.6 Å². The fraction of sp³-hybridized carbons (Fsp3) is 0.400. The lowest BCUT2D eigenvalue weighted by Gasteiger charge is -2.39. The van der Waals surface area contributed by atoms with Gasteiger partial charge in [-0.15, -0.1) is 0 Å². The Labute approximate surface area is 185 Å². The molecule has 0 radical (unpaired) electrons. The van der Waals surface area contributed by atoms with Gasteiger partial charge in [0, 0.05) is 33.0 Å². The molecule has 2 amide bonds. The molecule has 13 heteroatoms. The number of hydrogen-bond acceptors (Lipinski definition) is 5. The Balaban J connectivity index is 1.45. The van der Waals surface area contributed by atoms with Crippen molar-refractivity contribution in [2.75, 3.05) is 30.4 Å². The Bertz CT molecular complexity index is 1240. The summed E-state index contributed by atoms with van der Waals surface area (Å²) in [4.78, 5) is 39.2. The molecule has 0 unspecified atom stereocenters. The van der Waals surface area contributed by atoms with Crippen LogP contribution >= 0.6 is 0 Å². The van der Waals surface area contributed by atoms with Crippen molar-refractivity contribution in [1.82, 2.24) is 24.4 Å². The summed E-state index contributed by atoms with van der Waals surface area (Å²) in [5.74, 6) is 0.503. The van der Waals surface area contributed by atoms with E-state index >= 15 is 4.39 Å². The van der Waals surface area contributed by atoms with E-state index in [-0.39, 0.29) is 13.0 Å². The zero-order valence-electron chi connectivity index (χ0n) is 17.7. The number of hydrogen-bond donors (Lipinski definition) is 2. The van der Waals surface area contributed by atoms with Crippen LogP contribution in [0.3, 0.4) is 0 Å². The van der Waals surface area contributed by atoms with Gasteiger partial charge in [-0.1, -0.05) is 0 Å². The lowest BCUT2D eigenvalue weighted by atomic mass is 10.0. The van der Waals surface area contributed by atoms with E-state index in [0.717, 1.165) is 16.5 Å². The molecular formula is C20H21F4N7O2. The minimum absolute atomic E-state index is 0.0434. The van der Waals surface area contributed by atoms with Crippen LogP contribution in [0.15, 0.2) is 35.5 Å². The molecule has 2 N–H and O–H groups in total. The molecule has 0 aromatic carbocycles. The maximum Gasteiger partial charge on any atom is 0.417 e. The van der Waals surface area contributed by atoms with Crippen molar-refractivity contribution in [2.45, 2.75) is 24.8 Å². The Morgan fingerprint density at radius 1 is 1.36 bits per heavy atom. The predicted octanol–water partition coefficient (Wildman–Crippen LogP) is 2.76. The smallest absolute Gasteiger partial charge is 0.352 e. The van der Waals surface area contributed by atoms with Crippen LogP contribution in [0.5, 0.6) is 0 Å². The number of aromatic amines is 1. The number of halogens is 4. The number of amides is 2. The van der Waals surface area contributed by atoms with Crippen LogP contribution in [-0.2, 0) is 13.2 Å². The average molecular weight is 467 g/mol. The minimum atomic E-state index is -4.69. The number of nitrogens with one attached hydrogen (secondary N) is 2. The number of urea groups is 1. The zero-order chi connectivity index (χ0) is 23.9. The maximum atomic E-state index is 15.0. The second-order valence-corrected chi connectivity index (χ2v) is 7.86. The van der Waals surface area contributed by atoms with E-state index in [0.29, 0.717) is 35.8 Å². The summed E-state index contributed by atoms with van der Waals surface area (Å²) in [7, 11) is 2.49. The first kappa shape index (κ1) is 22.6.